The summed E-state index contributed by atoms with van der Waals surface area (Å²) in [5.41, 5.74) is 7.11. The average molecular weight is 300 g/mol. The number of hydrogen-bond acceptors (Lipinski definition) is 5. The maximum absolute atomic E-state index is 9.93. The molecule has 0 amide bonds. The minimum absolute atomic E-state index is 0.308. The lowest BCUT2D eigenvalue weighted by molar-refractivity contribution is 0.172. The van der Waals surface area contributed by atoms with Crippen LogP contribution in [-0.2, 0) is 4.65 Å². The van der Waals surface area contributed by atoms with Crippen molar-refractivity contribution in [2.24, 2.45) is 5.73 Å². The van der Waals surface area contributed by atoms with Crippen molar-refractivity contribution in [2.75, 3.05) is 19.8 Å². The Labute approximate surface area is 107 Å². The molecule has 0 aromatic heterocycles. The maximum atomic E-state index is 9.93. The fourth-order valence-corrected chi connectivity index (χ4v) is 2.91. The van der Waals surface area contributed by atoms with E-state index in [0.717, 1.165) is 10.0 Å². The third-order valence-corrected chi connectivity index (χ3v) is 3.59. The smallest absolute Gasteiger partial charge is 0.486 e. The van der Waals surface area contributed by atoms with Crippen LogP contribution in [0.3, 0.4) is 0 Å². The molecule has 90 valence electrons. The van der Waals surface area contributed by atoms with E-state index >= 15 is 0 Å². The molecule has 0 fully saturated rings. The molecular formula is C10H11BBrNO4. The predicted molar refractivity (Wildman–Crippen MR) is 65.6 cm³/mol. The second-order valence-corrected chi connectivity index (χ2v) is 4.78. The van der Waals surface area contributed by atoms with Crippen molar-refractivity contribution in [2.45, 2.75) is 6.10 Å². The van der Waals surface area contributed by atoms with E-state index in [4.69, 9.17) is 19.9 Å². The molecule has 0 saturated heterocycles. The SMILES string of the molecule is NC[C@H]1OB(O)c2c3c(cc(Br)c21)OCCO3. The molecule has 0 bridgehead atoms. The van der Waals surface area contributed by atoms with Crippen LogP contribution in [0.25, 0.3) is 0 Å². The van der Waals surface area contributed by atoms with Crippen LogP contribution in [-0.4, -0.2) is 31.9 Å². The predicted octanol–water partition coefficient (Wildman–Crippen LogP) is -0.0622. The van der Waals surface area contributed by atoms with Gasteiger partial charge in [-0.1, -0.05) is 15.9 Å². The summed E-state index contributed by atoms with van der Waals surface area (Å²) < 4.78 is 17.3. The van der Waals surface area contributed by atoms with Gasteiger partial charge in [-0.3, -0.25) is 0 Å². The first-order valence-corrected chi connectivity index (χ1v) is 6.17. The van der Waals surface area contributed by atoms with Crippen molar-refractivity contribution in [1.82, 2.24) is 0 Å². The van der Waals surface area contributed by atoms with E-state index in [1.165, 1.54) is 0 Å². The molecule has 1 aromatic carbocycles. The molecule has 3 N–H and O–H groups in total. The van der Waals surface area contributed by atoms with Gasteiger partial charge in [0.25, 0.3) is 0 Å². The van der Waals surface area contributed by atoms with E-state index in [1.54, 1.807) is 0 Å². The second-order valence-electron chi connectivity index (χ2n) is 3.92. The first kappa shape index (κ1) is 11.3. The van der Waals surface area contributed by atoms with Crippen LogP contribution in [0, 0.1) is 0 Å². The van der Waals surface area contributed by atoms with Gasteiger partial charge in [0.05, 0.1) is 6.10 Å². The Kier molecular flexibility index (Phi) is 2.78. The summed E-state index contributed by atoms with van der Waals surface area (Å²) in [6, 6.07) is 1.83. The highest BCUT2D eigenvalue weighted by molar-refractivity contribution is 9.10. The van der Waals surface area contributed by atoms with Crippen LogP contribution in [0.4, 0.5) is 0 Å². The normalized spacial score (nSPS) is 21.6. The standard InChI is InChI=1S/C10H11BBrNO4/c12-5-3-6-10(16-2-1-15-6)9-8(5)7(4-13)17-11(9)14/h3,7,14H,1-2,4,13H2/t7-/m1/s1. The van der Waals surface area contributed by atoms with Gasteiger partial charge in [-0.15, -0.1) is 0 Å². The minimum atomic E-state index is -1.01. The van der Waals surface area contributed by atoms with E-state index in [1.807, 2.05) is 6.07 Å². The quantitative estimate of drug-likeness (QED) is 0.711. The zero-order valence-corrected chi connectivity index (χ0v) is 10.6. The third-order valence-electron chi connectivity index (χ3n) is 2.94. The molecule has 2 heterocycles. The third kappa shape index (κ3) is 1.65. The van der Waals surface area contributed by atoms with Gasteiger partial charge in [0.2, 0.25) is 0 Å². The molecule has 1 atom stereocenters. The number of halogens is 1. The molecule has 17 heavy (non-hydrogen) atoms. The number of rotatable bonds is 1. The van der Waals surface area contributed by atoms with Crippen molar-refractivity contribution in [3.63, 3.8) is 0 Å². The fraction of sp³-hybridized carbons (Fsp3) is 0.400. The summed E-state index contributed by atoms with van der Waals surface area (Å²) >= 11 is 3.45. The van der Waals surface area contributed by atoms with Crippen molar-refractivity contribution in [1.29, 1.82) is 0 Å². The average Bonchev–Trinajstić information content (AvgIpc) is 2.68. The van der Waals surface area contributed by atoms with Gasteiger partial charge in [-0.25, -0.2) is 0 Å². The Morgan fingerprint density at radius 3 is 3.00 bits per heavy atom. The lowest BCUT2D eigenvalue weighted by atomic mass is 9.78. The highest BCUT2D eigenvalue weighted by Crippen LogP contribution is 2.40. The van der Waals surface area contributed by atoms with E-state index in [0.29, 0.717) is 36.7 Å². The van der Waals surface area contributed by atoms with Crippen molar-refractivity contribution >= 4 is 28.5 Å². The summed E-state index contributed by atoms with van der Waals surface area (Å²) in [6.07, 6.45) is -0.315. The van der Waals surface area contributed by atoms with Crippen LogP contribution >= 0.6 is 15.9 Å². The fourth-order valence-electron chi connectivity index (χ4n) is 2.23. The van der Waals surface area contributed by atoms with Crippen LogP contribution in [0.1, 0.15) is 11.7 Å². The van der Waals surface area contributed by atoms with Gasteiger partial charge < -0.3 is 24.9 Å². The van der Waals surface area contributed by atoms with E-state index < -0.39 is 7.12 Å². The first-order valence-electron chi connectivity index (χ1n) is 5.38. The lowest BCUT2D eigenvalue weighted by Crippen LogP contribution is -2.32. The summed E-state index contributed by atoms with van der Waals surface area (Å²) in [5, 5.41) is 9.93. The van der Waals surface area contributed by atoms with E-state index in [9.17, 15) is 5.02 Å². The largest absolute Gasteiger partial charge is 0.496 e. The van der Waals surface area contributed by atoms with Gasteiger partial charge in [-0.2, -0.15) is 0 Å². The van der Waals surface area contributed by atoms with Gasteiger partial charge in [-0.05, 0) is 11.6 Å². The Hall–Kier alpha value is -0.755. The molecule has 2 aliphatic heterocycles. The van der Waals surface area contributed by atoms with Crippen molar-refractivity contribution in [3.05, 3.63) is 16.1 Å². The first-order chi connectivity index (χ1) is 8.22. The Morgan fingerprint density at radius 1 is 1.47 bits per heavy atom. The molecule has 0 saturated carbocycles. The highest BCUT2D eigenvalue weighted by Gasteiger charge is 2.41. The van der Waals surface area contributed by atoms with Gasteiger partial charge in [0, 0.05) is 16.5 Å². The van der Waals surface area contributed by atoms with Gasteiger partial charge >= 0.3 is 7.12 Å². The van der Waals surface area contributed by atoms with Crippen LogP contribution in [0.2, 0.25) is 0 Å². The van der Waals surface area contributed by atoms with E-state index in [-0.39, 0.29) is 6.10 Å². The number of nitrogens with two attached hydrogens (primary N) is 1. The zero-order valence-electron chi connectivity index (χ0n) is 8.98. The number of benzene rings is 1. The second kappa shape index (κ2) is 4.17. The number of hydrogen-bond donors (Lipinski definition) is 2. The number of ether oxygens (including phenoxy) is 2. The summed E-state index contributed by atoms with van der Waals surface area (Å²) in [5.74, 6) is 1.19. The molecule has 0 aliphatic carbocycles. The summed E-state index contributed by atoms with van der Waals surface area (Å²) in [7, 11) is -1.01. The van der Waals surface area contributed by atoms with Crippen molar-refractivity contribution in [3.8, 4) is 11.5 Å². The Morgan fingerprint density at radius 2 is 2.24 bits per heavy atom. The van der Waals surface area contributed by atoms with Crippen molar-refractivity contribution < 1.29 is 19.2 Å². The monoisotopic (exact) mass is 299 g/mol. The van der Waals surface area contributed by atoms with Crippen LogP contribution < -0.4 is 20.7 Å². The summed E-state index contributed by atoms with van der Waals surface area (Å²) in [6.45, 7) is 1.29. The molecule has 1 aromatic rings. The van der Waals surface area contributed by atoms with E-state index in [2.05, 4.69) is 15.9 Å². The zero-order chi connectivity index (χ0) is 12.0. The van der Waals surface area contributed by atoms with Crippen LogP contribution in [0.15, 0.2) is 10.5 Å². The van der Waals surface area contributed by atoms with Crippen LogP contribution in [0.5, 0.6) is 11.5 Å². The van der Waals surface area contributed by atoms with Gasteiger partial charge in [0.15, 0.2) is 11.5 Å². The topological polar surface area (TPSA) is 73.9 Å². The highest BCUT2D eigenvalue weighted by atomic mass is 79.9. The number of fused-ring (bicyclic) bond motifs is 3. The molecule has 0 radical (unpaired) electrons. The lowest BCUT2D eigenvalue weighted by Gasteiger charge is -2.22. The Bertz CT molecular complexity index is 470. The summed E-state index contributed by atoms with van der Waals surface area (Å²) in [4.78, 5) is 0. The molecule has 0 unspecified atom stereocenters. The molecule has 5 nitrogen and oxygen atoms in total. The molecular weight excluding hydrogens is 289 g/mol. The maximum Gasteiger partial charge on any atom is 0.496 e. The Balaban J connectivity index is 2.20. The molecule has 0 spiro atoms. The molecule has 2 aliphatic rings. The molecule has 7 heteroatoms. The van der Waals surface area contributed by atoms with Gasteiger partial charge in [0.1, 0.15) is 13.2 Å². The molecule has 3 rings (SSSR count). The minimum Gasteiger partial charge on any atom is -0.486 e.